The maximum absolute atomic E-state index is 11.8. The standard InChI is InChI=1S/C48H82O19/c1-44(2)28-13-17-48(7)29(10-9-24-23(12-16-47(24,48)6)22(18-49)8-11-30(52)45(3,4)61)46(28,5)15-14-31(44)66-43-40(67-42-39(60)36(57)33(54)26(20-51)64-42)37(58)34(55)27(65-43)21-62-41-38(59)35(56)32(53)25(19-50)63-41/h8,23-43,49-61H,9-21H2,1-7H3/b22-8+/t23-,24-,25-,26-,27-,28?,29-,30?,31+,32-,33-,34-,35+,36+,37+,38-,39-,40-,41?,42?,43+,46+,47-,48-/m1/s1. The molecule has 3 heterocycles. The molecule has 4 unspecified atom stereocenters. The first-order valence-corrected chi connectivity index (χ1v) is 24.6. The minimum atomic E-state index is -1.84. The van der Waals surface area contributed by atoms with Crippen molar-refractivity contribution in [2.45, 2.75) is 216 Å². The Kier molecular flexibility index (Phi) is 16.1. The zero-order valence-corrected chi connectivity index (χ0v) is 40.2. The molecule has 388 valence electrons. The van der Waals surface area contributed by atoms with Gasteiger partial charge in [-0.1, -0.05) is 40.7 Å². The average Bonchev–Trinajstić information content (AvgIpc) is 3.63. The third-order valence-electron chi connectivity index (χ3n) is 18.8. The van der Waals surface area contributed by atoms with Crippen LogP contribution < -0.4 is 0 Å². The van der Waals surface area contributed by atoms with Crippen molar-refractivity contribution < 1.29 is 94.8 Å². The molecule has 0 aromatic carbocycles. The number of hydrogen-bond acceptors (Lipinski definition) is 19. The third-order valence-corrected chi connectivity index (χ3v) is 18.8. The molecule has 3 saturated heterocycles. The molecule has 0 bridgehead atoms. The van der Waals surface area contributed by atoms with Crippen molar-refractivity contribution in [1.29, 1.82) is 0 Å². The van der Waals surface area contributed by atoms with Gasteiger partial charge in [0, 0.05) is 0 Å². The van der Waals surface area contributed by atoms with Gasteiger partial charge < -0.3 is 94.8 Å². The van der Waals surface area contributed by atoms with Crippen LogP contribution in [0.15, 0.2) is 11.6 Å². The number of rotatable bonds is 14. The van der Waals surface area contributed by atoms with Crippen LogP contribution >= 0.6 is 0 Å². The number of aliphatic hydroxyl groups excluding tert-OH is 12. The summed E-state index contributed by atoms with van der Waals surface area (Å²) in [5, 5.41) is 138. The maximum Gasteiger partial charge on any atom is 0.187 e. The van der Waals surface area contributed by atoms with Crippen molar-refractivity contribution in [1.82, 2.24) is 0 Å². The first-order chi connectivity index (χ1) is 31.3. The zero-order chi connectivity index (χ0) is 49.3. The summed E-state index contributed by atoms with van der Waals surface area (Å²) >= 11 is 0. The number of hydrogen-bond donors (Lipinski definition) is 13. The van der Waals surface area contributed by atoms with Gasteiger partial charge in [0.05, 0.1) is 44.2 Å². The van der Waals surface area contributed by atoms with Gasteiger partial charge in [0.1, 0.15) is 73.2 Å². The highest BCUT2D eigenvalue weighted by atomic mass is 16.8. The van der Waals surface area contributed by atoms with Crippen molar-refractivity contribution in [3.63, 3.8) is 0 Å². The molecular formula is C48H82O19. The van der Waals surface area contributed by atoms with E-state index in [4.69, 9.17) is 28.4 Å². The van der Waals surface area contributed by atoms with E-state index in [-0.39, 0.29) is 41.1 Å². The first kappa shape index (κ1) is 53.8. The Labute approximate surface area is 393 Å². The van der Waals surface area contributed by atoms with Crippen molar-refractivity contribution in [3.8, 4) is 0 Å². The van der Waals surface area contributed by atoms with Crippen LogP contribution in [-0.4, -0.2) is 203 Å². The van der Waals surface area contributed by atoms with Gasteiger partial charge in [-0.25, -0.2) is 0 Å². The van der Waals surface area contributed by atoms with Crippen LogP contribution in [-0.2, 0) is 28.4 Å². The molecule has 0 aromatic rings. The molecule has 0 amide bonds. The minimum Gasteiger partial charge on any atom is -0.394 e. The van der Waals surface area contributed by atoms with Crippen molar-refractivity contribution in [2.24, 2.45) is 45.3 Å². The molecular weight excluding hydrogens is 881 g/mol. The summed E-state index contributed by atoms with van der Waals surface area (Å²) in [6, 6.07) is 0. The monoisotopic (exact) mass is 963 g/mol. The summed E-state index contributed by atoms with van der Waals surface area (Å²) in [6.07, 6.45) is -16.3. The molecule has 7 rings (SSSR count). The normalized spacial score (nSPS) is 50.8. The lowest BCUT2D eigenvalue weighted by atomic mass is 9.35. The van der Waals surface area contributed by atoms with E-state index in [0.717, 1.165) is 50.5 Å². The lowest BCUT2D eigenvalue weighted by molar-refractivity contribution is -0.382. The van der Waals surface area contributed by atoms with E-state index >= 15 is 0 Å². The highest BCUT2D eigenvalue weighted by molar-refractivity contribution is 5.22. The Bertz CT molecular complexity index is 1690. The van der Waals surface area contributed by atoms with Crippen molar-refractivity contribution in [2.75, 3.05) is 26.4 Å². The summed E-state index contributed by atoms with van der Waals surface area (Å²) < 4.78 is 36.2. The van der Waals surface area contributed by atoms with Gasteiger partial charge in [0.15, 0.2) is 18.9 Å². The molecule has 0 radical (unpaired) electrons. The fraction of sp³-hybridized carbons (Fsp3) is 0.958. The summed E-state index contributed by atoms with van der Waals surface area (Å²) in [5.74, 6) is 1.07. The molecule has 4 saturated carbocycles. The maximum atomic E-state index is 11.8. The minimum absolute atomic E-state index is 0.0102. The van der Waals surface area contributed by atoms with Crippen molar-refractivity contribution in [3.05, 3.63) is 11.6 Å². The zero-order valence-electron chi connectivity index (χ0n) is 40.2. The molecule has 19 heteroatoms. The van der Waals surface area contributed by atoms with Gasteiger partial charge in [-0.2, -0.15) is 0 Å². The molecule has 67 heavy (non-hydrogen) atoms. The predicted molar refractivity (Wildman–Crippen MR) is 235 cm³/mol. The van der Waals surface area contributed by atoms with Crippen LogP contribution in [0.2, 0.25) is 0 Å². The molecule has 0 spiro atoms. The summed E-state index contributed by atoms with van der Waals surface area (Å²) in [5.41, 5.74) is -0.948. The van der Waals surface area contributed by atoms with E-state index in [1.165, 1.54) is 0 Å². The molecule has 7 fully saturated rings. The van der Waals surface area contributed by atoms with Gasteiger partial charge in [-0.05, 0) is 123 Å². The van der Waals surface area contributed by atoms with Gasteiger partial charge in [-0.3, -0.25) is 0 Å². The van der Waals surface area contributed by atoms with E-state index in [2.05, 4.69) is 34.6 Å². The van der Waals surface area contributed by atoms with E-state index < -0.39 is 135 Å². The molecule has 0 aromatic heterocycles. The Morgan fingerprint density at radius 1 is 0.627 bits per heavy atom. The Morgan fingerprint density at radius 3 is 1.79 bits per heavy atom. The first-order valence-electron chi connectivity index (χ1n) is 24.6. The third kappa shape index (κ3) is 9.47. The fourth-order valence-corrected chi connectivity index (χ4v) is 14.5. The van der Waals surface area contributed by atoms with Gasteiger partial charge >= 0.3 is 0 Å². The second kappa shape index (κ2) is 20.1. The summed E-state index contributed by atoms with van der Waals surface area (Å²) in [7, 11) is 0. The number of aliphatic hydroxyl groups is 13. The molecule has 13 N–H and O–H groups in total. The Morgan fingerprint density at radius 2 is 1.19 bits per heavy atom. The molecule has 7 aliphatic rings. The second-order valence-corrected chi connectivity index (χ2v) is 23.0. The summed E-state index contributed by atoms with van der Waals surface area (Å²) in [6.45, 7) is 12.8. The number of fused-ring (bicyclic) bond motifs is 5. The molecule has 19 nitrogen and oxygen atoms in total. The largest absolute Gasteiger partial charge is 0.394 e. The van der Waals surface area contributed by atoms with Crippen LogP contribution in [0.3, 0.4) is 0 Å². The van der Waals surface area contributed by atoms with Crippen LogP contribution in [0, 0.1) is 45.3 Å². The summed E-state index contributed by atoms with van der Waals surface area (Å²) in [4.78, 5) is 0. The van der Waals surface area contributed by atoms with Gasteiger partial charge in [0.2, 0.25) is 0 Å². The fourth-order valence-electron chi connectivity index (χ4n) is 14.5. The van der Waals surface area contributed by atoms with Crippen LogP contribution in [0.1, 0.15) is 106 Å². The highest BCUT2D eigenvalue weighted by Crippen LogP contribution is 2.75. The van der Waals surface area contributed by atoms with Crippen molar-refractivity contribution >= 4 is 0 Å². The van der Waals surface area contributed by atoms with Crippen LogP contribution in [0.25, 0.3) is 0 Å². The second-order valence-electron chi connectivity index (χ2n) is 23.0. The van der Waals surface area contributed by atoms with E-state index in [9.17, 15) is 66.4 Å². The molecule has 4 aliphatic carbocycles. The van der Waals surface area contributed by atoms with Crippen LogP contribution in [0.5, 0.6) is 0 Å². The van der Waals surface area contributed by atoms with Crippen LogP contribution in [0.4, 0.5) is 0 Å². The highest BCUT2D eigenvalue weighted by Gasteiger charge is 2.69. The number of ether oxygens (including phenoxy) is 6. The molecule has 3 aliphatic heterocycles. The van der Waals surface area contributed by atoms with E-state index in [0.29, 0.717) is 18.3 Å². The Balaban J connectivity index is 1.11. The predicted octanol–water partition coefficient (Wildman–Crippen LogP) is -1.05. The van der Waals surface area contributed by atoms with Gasteiger partial charge in [0.25, 0.3) is 0 Å². The van der Waals surface area contributed by atoms with E-state index in [1.54, 1.807) is 13.8 Å². The average molecular weight is 963 g/mol. The van der Waals surface area contributed by atoms with Gasteiger partial charge in [-0.15, -0.1) is 0 Å². The quantitative estimate of drug-likeness (QED) is 0.0730. The topological polar surface area (TPSA) is 318 Å². The smallest absolute Gasteiger partial charge is 0.187 e. The Hall–Kier alpha value is -1.02. The molecule has 24 atom stereocenters. The SMILES string of the molecule is CC(C)(O)C(O)C/C=C(\CO)[C@H]1CC[C@]2(C)[C@@H]1CC[C@@H]1[C@@]3(C)CC[C@H](O[C@@H]4O[C@H](COC5O[C@H](CO)[C@@H](O)[C@H](O)[C@H]5O)[C@@H](O)[C@H](O)[C@H]4OC4O[C@H](CO)[C@@H](O)[C@H](O)[C@H]4O)C(C)(C)C3CC[C@]12C. The van der Waals surface area contributed by atoms with E-state index in [1.807, 2.05) is 6.08 Å². The lowest BCUT2D eigenvalue weighted by Crippen LogP contribution is -2.67. The lowest BCUT2D eigenvalue weighted by Gasteiger charge is -2.70.